The van der Waals surface area contributed by atoms with Gasteiger partial charge in [-0.1, -0.05) is 41.9 Å². The summed E-state index contributed by atoms with van der Waals surface area (Å²) in [5, 5.41) is 4.50. The highest BCUT2D eigenvalue weighted by molar-refractivity contribution is 9.10. The minimum absolute atomic E-state index is 0.0864. The molecule has 0 saturated carbocycles. The van der Waals surface area contributed by atoms with Crippen LogP contribution in [-0.2, 0) is 6.61 Å². The molecule has 1 amide bonds. The van der Waals surface area contributed by atoms with Gasteiger partial charge in [-0.05, 0) is 51.8 Å². The SMILES string of the molecule is COc1cc(/C=N/NC(=O)c2ccccc2F)cc(Br)c1OCc1ccccc1Cl. The number of carbonyl (C=O) groups excluding carboxylic acids is 1. The topological polar surface area (TPSA) is 59.9 Å². The van der Waals surface area contributed by atoms with Crippen LogP contribution in [0, 0.1) is 5.82 Å². The molecule has 0 fully saturated rings. The molecule has 154 valence electrons. The first-order chi connectivity index (χ1) is 14.5. The van der Waals surface area contributed by atoms with Crippen LogP contribution in [0.1, 0.15) is 21.5 Å². The molecule has 1 N–H and O–H groups in total. The standard InChI is InChI=1S/C22H17BrClFN2O3/c1-29-20-11-14(12-26-27-22(28)16-7-3-5-9-19(16)25)10-17(23)21(20)30-13-15-6-2-4-8-18(15)24/h2-12H,13H2,1H3,(H,27,28)/b26-12+. The Hall–Kier alpha value is -2.90. The molecule has 0 spiro atoms. The van der Waals surface area contributed by atoms with Gasteiger partial charge in [0.25, 0.3) is 5.91 Å². The Labute approximate surface area is 186 Å². The van der Waals surface area contributed by atoms with E-state index in [0.29, 0.717) is 26.6 Å². The number of benzene rings is 3. The second-order valence-corrected chi connectivity index (χ2v) is 7.35. The lowest BCUT2D eigenvalue weighted by Crippen LogP contribution is -2.18. The van der Waals surface area contributed by atoms with E-state index in [1.54, 1.807) is 24.3 Å². The zero-order valence-corrected chi connectivity index (χ0v) is 18.2. The third-order valence-electron chi connectivity index (χ3n) is 4.08. The molecule has 3 rings (SSSR count). The summed E-state index contributed by atoms with van der Waals surface area (Å²) in [5.74, 6) is -0.284. The number of carbonyl (C=O) groups is 1. The zero-order valence-electron chi connectivity index (χ0n) is 15.9. The Kier molecular flexibility index (Phi) is 7.43. The van der Waals surface area contributed by atoms with Crippen LogP contribution in [-0.4, -0.2) is 19.2 Å². The van der Waals surface area contributed by atoms with Crippen LogP contribution < -0.4 is 14.9 Å². The fourth-order valence-corrected chi connectivity index (χ4v) is 3.36. The molecule has 0 aliphatic carbocycles. The quantitative estimate of drug-likeness (QED) is 0.346. The monoisotopic (exact) mass is 490 g/mol. The first kappa shape index (κ1) is 21.8. The van der Waals surface area contributed by atoms with Crippen molar-refractivity contribution in [2.75, 3.05) is 7.11 Å². The van der Waals surface area contributed by atoms with Gasteiger partial charge >= 0.3 is 0 Å². The van der Waals surface area contributed by atoms with Crippen LogP contribution in [0.15, 0.2) is 70.2 Å². The van der Waals surface area contributed by atoms with Crippen LogP contribution >= 0.6 is 27.5 Å². The first-order valence-corrected chi connectivity index (χ1v) is 9.98. The van der Waals surface area contributed by atoms with Gasteiger partial charge in [0.05, 0.1) is 23.4 Å². The average Bonchev–Trinajstić information content (AvgIpc) is 2.74. The van der Waals surface area contributed by atoms with E-state index in [-0.39, 0.29) is 12.2 Å². The summed E-state index contributed by atoms with van der Waals surface area (Å²) in [4.78, 5) is 12.0. The summed E-state index contributed by atoms with van der Waals surface area (Å²) in [6.07, 6.45) is 1.42. The zero-order chi connectivity index (χ0) is 21.5. The molecule has 30 heavy (non-hydrogen) atoms. The summed E-state index contributed by atoms with van der Waals surface area (Å²) in [5.41, 5.74) is 3.69. The highest BCUT2D eigenvalue weighted by Gasteiger charge is 2.13. The van der Waals surface area contributed by atoms with Crippen LogP contribution in [0.4, 0.5) is 4.39 Å². The van der Waals surface area contributed by atoms with E-state index in [4.69, 9.17) is 21.1 Å². The van der Waals surface area contributed by atoms with E-state index in [1.165, 1.54) is 31.5 Å². The van der Waals surface area contributed by atoms with E-state index in [9.17, 15) is 9.18 Å². The van der Waals surface area contributed by atoms with E-state index in [0.717, 1.165) is 5.56 Å². The molecule has 8 heteroatoms. The summed E-state index contributed by atoms with van der Waals surface area (Å²) in [6.45, 7) is 0.265. The maximum absolute atomic E-state index is 13.6. The molecule has 0 bridgehead atoms. The number of nitrogens with one attached hydrogen (secondary N) is 1. The molecular formula is C22H17BrClFN2O3. The minimum atomic E-state index is -0.643. The van der Waals surface area contributed by atoms with Crippen molar-refractivity contribution in [3.05, 3.63) is 92.7 Å². The maximum Gasteiger partial charge on any atom is 0.274 e. The normalized spacial score (nSPS) is 10.8. The fraction of sp³-hybridized carbons (Fsp3) is 0.0909. The van der Waals surface area contributed by atoms with Crippen molar-refractivity contribution in [2.24, 2.45) is 5.10 Å². The number of rotatable bonds is 7. The largest absolute Gasteiger partial charge is 0.493 e. The van der Waals surface area contributed by atoms with E-state index in [2.05, 4.69) is 26.5 Å². The third-order valence-corrected chi connectivity index (χ3v) is 5.04. The van der Waals surface area contributed by atoms with Crippen molar-refractivity contribution >= 4 is 39.7 Å². The van der Waals surface area contributed by atoms with Crippen LogP contribution in [0.25, 0.3) is 0 Å². The van der Waals surface area contributed by atoms with Crippen molar-refractivity contribution in [3.8, 4) is 11.5 Å². The average molecular weight is 492 g/mol. The van der Waals surface area contributed by atoms with Gasteiger partial charge < -0.3 is 9.47 Å². The van der Waals surface area contributed by atoms with Gasteiger partial charge in [-0.25, -0.2) is 9.82 Å². The molecule has 0 unspecified atom stereocenters. The van der Waals surface area contributed by atoms with Crippen LogP contribution in [0.2, 0.25) is 5.02 Å². The summed E-state index contributed by atoms with van der Waals surface area (Å²) < 4.78 is 25.6. The van der Waals surface area contributed by atoms with Gasteiger partial charge in [0.1, 0.15) is 12.4 Å². The molecule has 0 aliphatic heterocycles. The molecular weight excluding hydrogens is 475 g/mol. The second-order valence-electron chi connectivity index (χ2n) is 6.09. The lowest BCUT2D eigenvalue weighted by Gasteiger charge is -2.14. The molecule has 5 nitrogen and oxygen atoms in total. The van der Waals surface area contributed by atoms with Gasteiger partial charge in [0.15, 0.2) is 11.5 Å². The Morgan fingerprint density at radius 1 is 1.20 bits per heavy atom. The number of hydrogen-bond acceptors (Lipinski definition) is 4. The maximum atomic E-state index is 13.6. The molecule has 0 heterocycles. The Morgan fingerprint density at radius 2 is 1.93 bits per heavy atom. The molecule has 0 saturated heterocycles. The third kappa shape index (κ3) is 5.37. The van der Waals surface area contributed by atoms with Crippen molar-refractivity contribution in [3.63, 3.8) is 0 Å². The number of hydrogen-bond donors (Lipinski definition) is 1. The van der Waals surface area contributed by atoms with E-state index < -0.39 is 11.7 Å². The van der Waals surface area contributed by atoms with Crippen LogP contribution in [0.5, 0.6) is 11.5 Å². The molecule has 3 aromatic carbocycles. The van der Waals surface area contributed by atoms with E-state index >= 15 is 0 Å². The first-order valence-electron chi connectivity index (χ1n) is 8.81. The van der Waals surface area contributed by atoms with E-state index in [1.807, 2.05) is 18.2 Å². The number of nitrogens with zero attached hydrogens (tertiary/aromatic N) is 1. The lowest BCUT2D eigenvalue weighted by molar-refractivity contribution is 0.0951. The summed E-state index contributed by atoms with van der Waals surface area (Å²) in [7, 11) is 1.52. The predicted octanol–water partition coefficient (Wildman–Crippen LogP) is 5.59. The van der Waals surface area contributed by atoms with Gasteiger partial charge in [-0.15, -0.1) is 0 Å². The molecule has 0 radical (unpaired) electrons. The Bertz CT molecular complexity index is 1090. The highest BCUT2D eigenvalue weighted by atomic mass is 79.9. The highest BCUT2D eigenvalue weighted by Crippen LogP contribution is 2.37. The van der Waals surface area contributed by atoms with Gasteiger partial charge in [-0.2, -0.15) is 5.10 Å². The van der Waals surface area contributed by atoms with Crippen molar-refractivity contribution in [1.82, 2.24) is 5.43 Å². The predicted molar refractivity (Wildman–Crippen MR) is 118 cm³/mol. The van der Waals surface area contributed by atoms with Crippen molar-refractivity contribution in [1.29, 1.82) is 0 Å². The number of ether oxygens (including phenoxy) is 2. The fourth-order valence-electron chi connectivity index (χ4n) is 2.59. The smallest absolute Gasteiger partial charge is 0.274 e. The van der Waals surface area contributed by atoms with Crippen molar-refractivity contribution in [2.45, 2.75) is 6.61 Å². The summed E-state index contributed by atoms with van der Waals surface area (Å²) >= 11 is 9.63. The summed E-state index contributed by atoms with van der Waals surface area (Å²) in [6, 6.07) is 16.5. The second kappa shape index (κ2) is 10.2. The van der Waals surface area contributed by atoms with Crippen LogP contribution in [0.3, 0.4) is 0 Å². The number of methoxy groups -OCH3 is 1. The lowest BCUT2D eigenvalue weighted by atomic mass is 10.2. The van der Waals surface area contributed by atoms with Gasteiger partial charge in [0.2, 0.25) is 0 Å². The Balaban J connectivity index is 1.72. The number of hydrazone groups is 1. The molecule has 0 aromatic heterocycles. The number of halogens is 3. The van der Waals surface area contributed by atoms with Gasteiger partial charge in [0, 0.05) is 10.6 Å². The number of amides is 1. The molecule has 0 aliphatic rings. The Morgan fingerprint density at radius 3 is 2.67 bits per heavy atom. The van der Waals surface area contributed by atoms with Crippen molar-refractivity contribution < 1.29 is 18.7 Å². The van der Waals surface area contributed by atoms with Gasteiger partial charge in [-0.3, -0.25) is 4.79 Å². The molecule has 0 atom stereocenters. The molecule has 3 aromatic rings. The minimum Gasteiger partial charge on any atom is -0.493 e.